The zero-order valence-corrected chi connectivity index (χ0v) is 11.5. The summed E-state index contributed by atoms with van der Waals surface area (Å²) in [4.78, 5) is 3.67. The standard InChI is InChI=1S/C16H19N3O/c17-13-19-16(20-15-9-5-2-6-10-15)18-12-11-14-7-3-1-4-8-14/h2,5-7,9-10H,1,3-4,8,11-12H2,(H,18,19). The molecule has 0 atom stereocenters. The summed E-state index contributed by atoms with van der Waals surface area (Å²) in [6.07, 6.45) is 10.0. The molecule has 0 fully saturated rings. The van der Waals surface area contributed by atoms with Crippen LogP contribution in [0.5, 0.6) is 5.75 Å². The highest BCUT2D eigenvalue weighted by molar-refractivity contribution is 5.77. The number of nitrogens with one attached hydrogen (secondary N) is 1. The number of aliphatic imine (C=N–C) groups is 1. The molecule has 0 amide bonds. The van der Waals surface area contributed by atoms with Gasteiger partial charge >= 0.3 is 6.02 Å². The molecule has 0 spiro atoms. The van der Waals surface area contributed by atoms with E-state index in [0.717, 1.165) is 13.0 Å². The van der Waals surface area contributed by atoms with Crippen LogP contribution in [0, 0.1) is 11.5 Å². The van der Waals surface area contributed by atoms with E-state index in [2.05, 4.69) is 16.4 Å². The zero-order chi connectivity index (χ0) is 14.0. The number of rotatable bonds is 4. The van der Waals surface area contributed by atoms with Crippen LogP contribution in [0.3, 0.4) is 0 Å². The summed E-state index contributed by atoms with van der Waals surface area (Å²) in [7, 11) is 0. The minimum absolute atomic E-state index is 0.259. The summed E-state index contributed by atoms with van der Waals surface area (Å²) in [5, 5.41) is 11.8. The molecular weight excluding hydrogens is 250 g/mol. The molecule has 20 heavy (non-hydrogen) atoms. The highest BCUT2D eigenvalue weighted by atomic mass is 16.5. The second-order valence-electron chi connectivity index (χ2n) is 4.72. The largest absolute Gasteiger partial charge is 0.425 e. The highest BCUT2D eigenvalue weighted by Crippen LogP contribution is 2.19. The fraction of sp³-hybridized carbons (Fsp3) is 0.375. The number of allylic oxidation sites excluding steroid dienone is 1. The monoisotopic (exact) mass is 269 g/mol. The van der Waals surface area contributed by atoms with E-state index in [0.29, 0.717) is 5.75 Å². The summed E-state index contributed by atoms with van der Waals surface area (Å²) in [6, 6.07) is 9.60. The average molecular weight is 269 g/mol. The Balaban J connectivity index is 1.82. The number of para-hydroxylation sites is 1. The van der Waals surface area contributed by atoms with Crippen LogP contribution in [-0.4, -0.2) is 12.6 Å². The van der Waals surface area contributed by atoms with Crippen LogP contribution in [0.4, 0.5) is 0 Å². The predicted molar refractivity (Wildman–Crippen MR) is 79.3 cm³/mol. The van der Waals surface area contributed by atoms with E-state index < -0.39 is 0 Å². The molecule has 1 aliphatic carbocycles. The normalized spacial score (nSPS) is 15.2. The molecule has 0 bridgehead atoms. The van der Waals surface area contributed by atoms with Crippen molar-refractivity contribution in [2.75, 3.05) is 6.54 Å². The van der Waals surface area contributed by atoms with Crippen molar-refractivity contribution in [3.63, 3.8) is 0 Å². The van der Waals surface area contributed by atoms with E-state index in [-0.39, 0.29) is 6.02 Å². The molecule has 0 heterocycles. The third kappa shape index (κ3) is 4.77. The van der Waals surface area contributed by atoms with E-state index in [1.165, 1.54) is 31.3 Å². The van der Waals surface area contributed by atoms with Gasteiger partial charge < -0.3 is 10.1 Å². The third-order valence-electron chi connectivity index (χ3n) is 3.22. The van der Waals surface area contributed by atoms with E-state index in [9.17, 15) is 0 Å². The third-order valence-corrected chi connectivity index (χ3v) is 3.22. The van der Waals surface area contributed by atoms with Gasteiger partial charge in [0.2, 0.25) is 6.19 Å². The van der Waals surface area contributed by atoms with Crippen molar-refractivity contribution in [1.29, 1.82) is 5.26 Å². The highest BCUT2D eigenvalue weighted by Gasteiger charge is 2.05. The molecule has 0 saturated carbocycles. The van der Waals surface area contributed by atoms with E-state index in [4.69, 9.17) is 10.00 Å². The van der Waals surface area contributed by atoms with Crippen LogP contribution in [0.25, 0.3) is 0 Å². The molecule has 1 N–H and O–H groups in total. The first kappa shape index (κ1) is 14.1. The lowest BCUT2D eigenvalue weighted by Crippen LogP contribution is -2.29. The van der Waals surface area contributed by atoms with Crippen LogP contribution in [0.2, 0.25) is 0 Å². The molecule has 0 unspecified atom stereocenters. The Kier molecular flexibility index (Phi) is 5.66. The van der Waals surface area contributed by atoms with Gasteiger partial charge in [0.05, 0.1) is 0 Å². The molecule has 1 aromatic carbocycles. The summed E-state index contributed by atoms with van der Waals surface area (Å²) >= 11 is 0. The summed E-state index contributed by atoms with van der Waals surface area (Å²) in [6.45, 7) is 0.735. The number of benzene rings is 1. The number of ether oxygens (including phenoxy) is 1. The van der Waals surface area contributed by atoms with E-state index in [1.807, 2.05) is 30.3 Å². The second-order valence-corrected chi connectivity index (χ2v) is 4.72. The molecule has 4 nitrogen and oxygen atoms in total. The van der Waals surface area contributed by atoms with Gasteiger partial charge in [0, 0.05) is 6.54 Å². The Morgan fingerprint density at radius 2 is 2.15 bits per heavy atom. The summed E-state index contributed by atoms with van der Waals surface area (Å²) < 4.78 is 5.54. The number of nitriles is 1. The van der Waals surface area contributed by atoms with Gasteiger partial charge in [-0.1, -0.05) is 29.8 Å². The quantitative estimate of drug-likeness (QED) is 0.394. The van der Waals surface area contributed by atoms with E-state index in [1.54, 1.807) is 6.19 Å². The SMILES string of the molecule is N#C/N=C(/NCCC1=CCCCC1)Oc1ccccc1. The van der Waals surface area contributed by atoms with Crippen molar-refractivity contribution < 1.29 is 4.74 Å². The molecule has 104 valence electrons. The van der Waals surface area contributed by atoms with Gasteiger partial charge in [-0.2, -0.15) is 5.26 Å². The average Bonchev–Trinajstić information content (AvgIpc) is 2.49. The van der Waals surface area contributed by atoms with E-state index >= 15 is 0 Å². The van der Waals surface area contributed by atoms with Crippen LogP contribution in [-0.2, 0) is 0 Å². The Hall–Kier alpha value is -2.28. The predicted octanol–water partition coefficient (Wildman–Crippen LogP) is 3.38. The van der Waals surface area contributed by atoms with Crippen molar-refractivity contribution in [3.8, 4) is 11.9 Å². The Bertz CT molecular complexity index is 514. The molecular formula is C16H19N3O. The number of hydrogen-bond donors (Lipinski definition) is 1. The molecule has 0 aromatic heterocycles. The van der Waals surface area contributed by atoms with Crippen molar-refractivity contribution in [2.45, 2.75) is 32.1 Å². The molecule has 1 aromatic rings. The lowest BCUT2D eigenvalue weighted by atomic mass is 9.97. The maximum absolute atomic E-state index is 8.69. The smallest absolute Gasteiger partial charge is 0.305 e. The van der Waals surface area contributed by atoms with Crippen molar-refractivity contribution in [2.24, 2.45) is 4.99 Å². The van der Waals surface area contributed by atoms with Crippen molar-refractivity contribution in [3.05, 3.63) is 42.0 Å². The van der Waals surface area contributed by atoms with Crippen LogP contribution < -0.4 is 10.1 Å². The number of nitrogens with zero attached hydrogens (tertiary/aromatic N) is 2. The number of amidine groups is 1. The van der Waals surface area contributed by atoms with Gasteiger partial charge in [0.25, 0.3) is 0 Å². The minimum atomic E-state index is 0.259. The van der Waals surface area contributed by atoms with Crippen LogP contribution in [0.1, 0.15) is 32.1 Å². The lowest BCUT2D eigenvalue weighted by Gasteiger charge is -2.14. The Morgan fingerprint density at radius 1 is 1.30 bits per heavy atom. The molecule has 0 radical (unpaired) electrons. The fourth-order valence-electron chi connectivity index (χ4n) is 2.21. The maximum atomic E-state index is 8.69. The summed E-state index contributed by atoms with van der Waals surface area (Å²) in [5.74, 6) is 0.672. The van der Waals surface area contributed by atoms with Crippen LogP contribution >= 0.6 is 0 Å². The maximum Gasteiger partial charge on any atom is 0.305 e. The minimum Gasteiger partial charge on any atom is -0.425 e. The molecule has 4 heteroatoms. The van der Waals surface area contributed by atoms with Gasteiger partial charge in [0.1, 0.15) is 5.75 Å². The Labute approximate surface area is 119 Å². The van der Waals surface area contributed by atoms with Gasteiger partial charge in [0.15, 0.2) is 0 Å². The first-order valence-electron chi connectivity index (χ1n) is 7.00. The summed E-state index contributed by atoms with van der Waals surface area (Å²) in [5.41, 5.74) is 1.49. The van der Waals surface area contributed by atoms with Crippen molar-refractivity contribution >= 4 is 6.02 Å². The Morgan fingerprint density at radius 3 is 2.85 bits per heavy atom. The van der Waals surface area contributed by atoms with Gasteiger partial charge in [-0.15, -0.1) is 4.99 Å². The first-order chi connectivity index (χ1) is 9.88. The van der Waals surface area contributed by atoms with Crippen molar-refractivity contribution in [1.82, 2.24) is 5.32 Å². The first-order valence-corrected chi connectivity index (χ1v) is 7.00. The molecule has 0 saturated heterocycles. The second kappa shape index (κ2) is 8.00. The molecule has 0 aliphatic heterocycles. The van der Waals surface area contributed by atoms with Crippen LogP contribution in [0.15, 0.2) is 47.0 Å². The zero-order valence-electron chi connectivity index (χ0n) is 11.5. The number of hydrogen-bond acceptors (Lipinski definition) is 3. The van der Waals surface area contributed by atoms with Gasteiger partial charge in [-0.25, -0.2) is 0 Å². The molecule has 1 aliphatic rings. The van der Waals surface area contributed by atoms with Gasteiger partial charge in [-0.05, 0) is 44.2 Å². The fourth-order valence-corrected chi connectivity index (χ4v) is 2.21. The van der Waals surface area contributed by atoms with Gasteiger partial charge in [-0.3, -0.25) is 0 Å². The lowest BCUT2D eigenvalue weighted by molar-refractivity contribution is 0.515. The molecule has 2 rings (SSSR count). The topological polar surface area (TPSA) is 57.4 Å².